The summed E-state index contributed by atoms with van der Waals surface area (Å²) < 4.78 is 7.27. The maximum absolute atomic E-state index is 5.32. The molecule has 0 aliphatic rings. The predicted octanol–water partition coefficient (Wildman–Crippen LogP) is 1.75. The number of rotatable bonds is 7. The lowest BCUT2D eigenvalue weighted by Gasteiger charge is -2.11. The summed E-state index contributed by atoms with van der Waals surface area (Å²) >= 11 is 0. The summed E-state index contributed by atoms with van der Waals surface area (Å²) in [5.74, 6) is 3.35. The van der Waals surface area contributed by atoms with Gasteiger partial charge in [-0.05, 0) is 25.5 Å². The highest BCUT2D eigenvalue weighted by Crippen LogP contribution is 2.01. The second-order valence-electron chi connectivity index (χ2n) is 5.10. The van der Waals surface area contributed by atoms with Gasteiger partial charge in [-0.2, -0.15) is 0 Å². The van der Waals surface area contributed by atoms with E-state index in [1.165, 1.54) is 0 Å². The second-order valence-corrected chi connectivity index (χ2v) is 5.10. The zero-order chi connectivity index (χ0) is 15.8. The molecule has 0 aliphatic heterocycles. The first-order valence-electron chi connectivity index (χ1n) is 7.60. The molecule has 2 aromatic rings. The minimum Gasteiger partial charge on any atom is -0.467 e. The molecule has 0 aromatic carbocycles. The van der Waals surface area contributed by atoms with Crippen molar-refractivity contribution in [2.24, 2.45) is 12.0 Å². The van der Waals surface area contributed by atoms with Crippen molar-refractivity contribution in [2.75, 3.05) is 6.54 Å². The Morgan fingerprint density at radius 1 is 1.36 bits per heavy atom. The number of guanidine groups is 1. The number of hydrogen-bond donors (Lipinski definition) is 2. The Balaban J connectivity index is 1.95. The highest BCUT2D eigenvalue weighted by atomic mass is 16.3. The number of hydrogen-bond acceptors (Lipinski definition) is 4. The molecule has 0 aliphatic carbocycles. The van der Waals surface area contributed by atoms with E-state index in [9.17, 15) is 0 Å². The summed E-state index contributed by atoms with van der Waals surface area (Å²) in [5, 5.41) is 14.8. The Labute approximate surface area is 130 Å². The standard InChI is InChI=1S/C15H24N6O/c1-4-5-8-16-15(17-10-13-7-6-9-22-13)18-11-14-20-19-12(2)21(14)3/h6-7,9H,4-5,8,10-11H2,1-3H3,(H2,16,17,18). The Morgan fingerprint density at radius 2 is 2.23 bits per heavy atom. The van der Waals surface area contributed by atoms with Crippen LogP contribution in [0.5, 0.6) is 0 Å². The van der Waals surface area contributed by atoms with Crippen LogP contribution in [-0.4, -0.2) is 27.3 Å². The van der Waals surface area contributed by atoms with Gasteiger partial charge < -0.3 is 19.6 Å². The van der Waals surface area contributed by atoms with Gasteiger partial charge in [0.25, 0.3) is 0 Å². The van der Waals surface area contributed by atoms with E-state index < -0.39 is 0 Å². The van der Waals surface area contributed by atoms with Gasteiger partial charge in [0.05, 0.1) is 12.8 Å². The summed E-state index contributed by atoms with van der Waals surface area (Å²) in [6.07, 6.45) is 3.91. The van der Waals surface area contributed by atoms with E-state index >= 15 is 0 Å². The van der Waals surface area contributed by atoms with Crippen molar-refractivity contribution < 1.29 is 4.42 Å². The van der Waals surface area contributed by atoms with Gasteiger partial charge in [0.15, 0.2) is 11.8 Å². The number of nitrogens with one attached hydrogen (secondary N) is 2. The first kappa shape index (κ1) is 16.1. The van der Waals surface area contributed by atoms with Crippen LogP contribution in [0.4, 0.5) is 0 Å². The number of nitrogens with zero attached hydrogens (tertiary/aromatic N) is 4. The molecule has 0 bridgehead atoms. The van der Waals surface area contributed by atoms with Gasteiger partial charge >= 0.3 is 0 Å². The molecule has 22 heavy (non-hydrogen) atoms. The quantitative estimate of drug-likeness (QED) is 0.463. The van der Waals surface area contributed by atoms with E-state index in [1.807, 2.05) is 30.7 Å². The van der Waals surface area contributed by atoms with Gasteiger partial charge in [-0.1, -0.05) is 13.3 Å². The molecule has 0 spiro atoms. The molecular weight excluding hydrogens is 280 g/mol. The van der Waals surface area contributed by atoms with Gasteiger partial charge in [-0.25, -0.2) is 4.99 Å². The monoisotopic (exact) mass is 304 g/mol. The average Bonchev–Trinajstić information content (AvgIpc) is 3.14. The lowest BCUT2D eigenvalue weighted by Crippen LogP contribution is -2.37. The molecule has 0 radical (unpaired) electrons. The molecule has 0 saturated heterocycles. The first-order valence-corrected chi connectivity index (χ1v) is 7.60. The predicted molar refractivity (Wildman–Crippen MR) is 85.3 cm³/mol. The fourth-order valence-corrected chi connectivity index (χ4v) is 1.88. The molecule has 2 aromatic heterocycles. The minimum absolute atomic E-state index is 0.483. The van der Waals surface area contributed by atoms with E-state index in [4.69, 9.17) is 4.42 Å². The lowest BCUT2D eigenvalue weighted by atomic mass is 10.3. The number of aryl methyl sites for hydroxylation is 1. The SMILES string of the molecule is CCCCNC(=NCc1nnc(C)n1C)NCc1ccco1. The molecule has 2 heterocycles. The van der Waals surface area contributed by atoms with Crippen LogP contribution in [0.3, 0.4) is 0 Å². The summed E-state index contributed by atoms with van der Waals surface area (Å²) in [6, 6.07) is 3.81. The zero-order valence-corrected chi connectivity index (χ0v) is 13.5. The minimum atomic E-state index is 0.483. The Hall–Kier alpha value is -2.31. The van der Waals surface area contributed by atoms with Crippen LogP contribution in [0.2, 0.25) is 0 Å². The lowest BCUT2D eigenvalue weighted by molar-refractivity contribution is 0.501. The molecular formula is C15H24N6O. The number of aliphatic imine (C=N–C) groups is 1. The van der Waals surface area contributed by atoms with Crippen LogP contribution >= 0.6 is 0 Å². The van der Waals surface area contributed by atoms with Crippen LogP contribution in [-0.2, 0) is 20.1 Å². The van der Waals surface area contributed by atoms with Gasteiger partial charge in [0, 0.05) is 13.6 Å². The van der Waals surface area contributed by atoms with E-state index in [2.05, 4.69) is 32.7 Å². The zero-order valence-electron chi connectivity index (χ0n) is 13.5. The Bertz CT molecular complexity index is 587. The maximum atomic E-state index is 5.32. The van der Waals surface area contributed by atoms with Crippen molar-refractivity contribution in [1.29, 1.82) is 0 Å². The van der Waals surface area contributed by atoms with Crippen LogP contribution in [0.25, 0.3) is 0 Å². The normalized spacial score (nSPS) is 11.7. The maximum Gasteiger partial charge on any atom is 0.192 e. The van der Waals surface area contributed by atoms with Crippen molar-refractivity contribution in [3.8, 4) is 0 Å². The van der Waals surface area contributed by atoms with Crippen molar-refractivity contribution in [2.45, 2.75) is 39.8 Å². The van der Waals surface area contributed by atoms with Crippen LogP contribution < -0.4 is 10.6 Å². The highest BCUT2D eigenvalue weighted by molar-refractivity contribution is 5.79. The average molecular weight is 304 g/mol. The molecule has 120 valence electrons. The number of furan rings is 1. The molecule has 0 amide bonds. The molecule has 2 N–H and O–H groups in total. The largest absolute Gasteiger partial charge is 0.467 e. The third-order valence-corrected chi connectivity index (χ3v) is 3.39. The van der Waals surface area contributed by atoms with Gasteiger partial charge in [-0.3, -0.25) is 0 Å². The molecule has 0 atom stereocenters. The molecule has 7 heteroatoms. The fourth-order valence-electron chi connectivity index (χ4n) is 1.88. The van der Waals surface area contributed by atoms with Crippen LogP contribution in [0.15, 0.2) is 27.8 Å². The van der Waals surface area contributed by atoms with E-state index in [0.717, 1.165) is 42.8 Å². The van der Waals surface area contributed by atoms with Crippen molar-refractivity contribution in [3.63, 3.8) is 0 Å². The van der Waals surface area contributed by atoms with Gasteiger partial charge in [-0.15, -0.1) is 10.2 Å². The molecule has 0 unspecified atom stereocenters. The fraction of sp³-hybridized carbons (Fsp3) is 0.533. The smallest absolute Gasteiger partial charge is 0.192 e. The summed E-state index contributed by atoms with van der Waals surface area (Å²) in [7, 11) is 1.95. The van der Waals surface area contributed by atoms with Crippen LogP contribution in [0.1, 0.15) is 37.2 Å². The third kappa shape index (κ3) is 4.61. The van der Waals surface area contributed by atoms with Crippen molar-refractivity contribution in [3.05, 3.63) is 35.8 Å². The second kappa shape index (κ2) is 8.21. The molecule has 0 fully saturated rings. The summed E-state index contributed by atoms with van der Waals surface area (Å²) in [6.45, 7) is 6.06. The van der Waals surface area contributed by atoms with Crippen LogP contribution in [0, 0.1) is 6.92 Å². The first-order chi connectivity index (χ1) is 10.7. The van der Waals surface area contributed by atoms with Crippen molar-refractivity contribution in [1.82, 2.24) is 25.4 Å². The van der Waals surface area contributed by atoms with Gasteiger partial charge in [0.1, 0.15) is 18.1 Å². The van der Waals surface area contributed by atoms with E-state index in [1.54, 1.807) is 6.26 Å². The van der Waals surface area contributed by atoms with E-state index in [-0.39, 0.29) is 0 Å². The molecule has 7 nitrogen and oxygen atoms in total. The number of aromatic nitrogens is 3. The Kier molecular flexibility index (Phi) is 6.00. The van der Waals surface area contributed by atoms with E-state index in [0.29, 0.717) is 13.1 Å². The summed E-state index contributed by atoms with van der Waals surface area (Å²) in [4.78, 5) is 4.57. The summed E-state index contributed by atoms with van der Waals surface area (Å²) in [5.41, 5.74) is 0. The number of unbranched alkanes of at least 4 members (excludes halogenated alkanes) is 1. The highest BCUT2D eigenvalue weighted by Gasteiger charge is 2.05. The Morgan fingerprint density at radius 3 is 2.86 bits per heavy atom. The molecule has 2 rings (SSSR count). The van der Waals surface area contributed by atoms with Crippen molar-refractivity contribution >= 4 is 5.96 Å². The third-order valence-electron chi connectivity index (χ3n) is 3.39. The molecule has 0 saturated carbocycles. The topological polar surface area (TPSA) is 80.3 Å². The van der Waals surface area contributed by atoms with Gasteiger partial charge in [0.2, 0.25) is 0 Å².